The van der Waals surface area contributed by atoms with E-state index in [1.54, 1.807) is 0 Å². The van der Waals surface area contributed by atoms with Crippen LogP contribution in [0.25, 0.3) is 0 Å². The van der Waals surface area contributed by atoms with Crippen molar-refractivity contribution in [1.82, 2.24) is 15.2 Å². The summed E-state index contributed by atoms with van der Waals surface area (Å²) >= 11 is 0. The lowest BCUT2D eigenvalue weighted by molar-refractivity contribution is 0.621. The van der Waals surface area contributed by atoms with Gasteiger partial charge in [0.2, 0.25) is 11.9 Å². The van der Waals surface area contributed by atoms with E-state index in [1.165, 1.54) is 0 Å². The molecule has 0 atom stereocenters. The van der Waals surface area contributed by atoms with E-state index < -0.39 is 10.8 Å². The quantitative estimate of drug-likeness (QED) is 0.630. The Bertz CT molecular complexity index is 329. The van der Waals surface area contributed by atoms with Gasteiger partial charge in [0.15, 0.2) is 0 Å². The minimum Gasteiger partial charge on any atom is -0.368 e. The van der Waals surface area contributed by atoms with E-state index in [4.69, 9.17) is 5.73 Å². The molecule has 7 heteroatoms. The second-order valence-corrected chi connectivity index (χ2v) is 5.01. The second-order valence-electron chi connectivity index (χ2n) is 3.31. The third-order valence-electron chi connectivity index (χ3n) is 2.22. The van der Waals surface area contributed by atoms with Crippen LogP contribution in [-0.2, 0) is 10.8 Å². The molecule has 0 saturated carbocycles. The molecule has 0 amide bonds. The molecular weight excluding hydrogens is 202 g/mol. The zero-order valence-corrected chi connectivity index (χ0v) is 8.51. The Labute approximate surface area is 84.1 Å². The normalized spacial score (nSPS) is 27.4. The third-order valence-corrected chi connectivity index (χ3v) is 3.61. The first-order valence-corrected chi connectivity index (χ1v) is 6.02. The molecule has 1 aromatic heterocycles. The van der Waals surface area contributed by atoms with Gasteiger partial charge in [0, 0.05) is 28.3 Å². The Kier molecular flexibility index (Phi) is 2.67. The number of hydrogen-bond acceptors (Lipinski definition) is 5. The van der Waals surface area contributed by atoms with Crippen molar-refractivity contribution in [3.8, 4) is 0 Å². The maximum atomic E-state index is 11.1. The summed E-state index contributed by atoms with van der Waals surface area (Å²) in [7, 11) is -0.627. The highest BCUT2D eigenvalue weighted by Crippen LogP contribution is 2.13. The minimum absolute atomic E-state index is 0.312. The first-order valence-electron chi connectivity index (χ1n) is 4.53. The second kappa shape index (κ2) is 3.95. The van der Waals surface area contributed by atoms with Crippen LogP contribution in [0.1, 0.15) is 12.8 Å². The number of nitrogen functional groups attached to an aromatic ring is 1. The molecule has 14 heavy (non-hydrogen) atoms. The van der Waals surface area contributed by atoms with Crippen LogP contribution in [0.15, 0.2) is 0 Å². The lowest BCUT2D eigenvalue weighted by Crippen LogP contribution is -2.29. The molecule has 1 aliphatic rings. The van der Waals surface area contributed by atoms with Crippen LogP contribution in [0.2, 0.25) is 0 Å². The van der Waals surface area contributed by atoms with E-state index in [0.717, 1.165) is 24.3 Å². The maximum absolute atomic E-state index is 11.1. The van der Waals surface area contributed by atoms with E-state index in [0.29, 0.717) is 17.9 Å². The summed E-state index contributed by atoms with van der Waals surface area (Å²) in [5, 5.41) is 9.60. The van der Waals surface area contributed by atoms with Crippen molar-refractivity contribution < 1.29 is 4.21 Å². The number of aromatic nitrogens is 3. The molecule has 0 bridgehead atoms. The van der Waals surface area contributed by atoms with Gasteiger partial charge in [0.25, 0.3) is 0 Å². The zero-order valence-electron chi connectivity index (χ0n) is 7.69. The summed E-state index contributed by atoms with van der Waals surface area (Å²) in [5.74, 6) is 2.36. The number of hydrogen-bond donors (Lipinski definition) is 3. The number of nitrogens with two attached hydrogens (primary N) is 1. The zero-order chi connectivity index (χ0) is 9.97. The van der Waals surface area contributed by atoms with E-state index in [-0.39, 0.29) is 0 Å². The Morgan fingerprint density at radius 3 is 2.79 bits per heavy atom. The highest BCUT2D eigenvalue weighted by molar-refractivity contribution is 7.85. The lowest BCUT2D eigenvalue weighted by Gasteiger charge is -2.21. The fourth-order valence-corrected chi connectivity index (χ4v) is 2.76. The van der Waals surface area contributed by atoms with Crippen molar-refractivity contribution >= 4 is 22.7 Å². The first-order chi connectivity index (χ1) is 6.74. The van der Waals surface area contributed by atoms with Crippen molar-refractivity contribution in [1.29, 1.82) is 0 Å². The van der Waals surface area contributed by atoms with Crippen molar-refractivity contribution in [2.45, 2.75) is 18.9 Å². The van der Waals surface area contributed by atoms with Crippen molar-refractivity contribution in [2.24, 2.45) is 0 Å². The van der Waals surface area contributed by atoms with Gasteiger partial charge in [-0.05, 0) is 12.8 Å². The van der Waals surface area contributed by atoms with Crippen LogP contribution in [0.5, 0.6) is 0 Å². The average Bonchev–Trinajstić information content (AvgIpc) is 2.56. The SMILES string of the molecule is Nc1nc(NC2CCS(=O)CC2)n[nH]1. The molecule has 0 aromatic carbocycles. The lowest BCUT2D eigenvalue weighted by atomic mass is 10.2. The molecule has 2 heterocycles. The Hall–Kier alpha value is -1.11. The van der Waals surface area contributed by atoms with Gasteiger partial charge in [0.05, 0.1) is 0 Å². The highest BCUT2D eigenvalue weighted by atomic mass is 32.2. The molecule has 0 radical (unpaired) electrons. The van der Waals surface area contributed by atoms with E-state index in [2.05, 4.69) is 20.5 Å². The van der Waals surface area contributed by atoms with Crippen LogP contribution in [0.3, 0.4) is 0 Å². The minimum atomic E-state index is -0.627. The molecule has 0 aliphatic carbocycles. The van der Waals surface area contributed by atoms with Gasteiger partial charge in [0.1, 0.15) is 0 Å². The molecule has 0 unspecified atom stereocenters. The highest BCUT2D eigenvalue weighted by Gasteiger charge is 2.18. The van der Waals surface area contributed by atoms with Crippen molar-refractivity contribution in [2.75, 3.05) is 22.6 Å². The monoisotopic (exact) mass is 215 g/mol. The molecule has 1 aromatic rings. The van der Waals surface area contributed by atoms with Crippen molar-refractivity contribution in [3.05, 3.63) is 0 Å². The smallest absolute Gasteiger partial charge is 0.243 e. The van der Waals surface area contributed by atoms with E-state index in [1.807, 2.05) is 0 Å². The Morgan fingerprint density at radius 2 is 2.21 bits per heavy atom. The predicted molar refractivity (Wildman–Crippen MR) is 55.3 cm³/mol. The molecule has 4 N–H and O–H groups in total. The van der Waals surface area contributed by atoms with Crippen LogP contribution in [0, 0.1) is 0 Å². The fourth-order valence-electron chi connectivity index (χ4n) is 1.46. The van der Waals surface area contributed by atoms with Crippen LogP contribution in [0.4, 0.5) is 11.9 Å². The van der Waals surface area contributed by atoms with E-state index >= 15 is 0 Å². The van der Waals surface area contributed by atoms with Crippen LogP contribution >= 0.6 is 0 Å². The van der Waals surface area contributed by atoms with Gasteiger partial charge in [-0.3, -0.25) is 4.21 Å². The van der Waals surface area contributed by atoms with Gasteiger partial charge in [-0.2, -0.15) is 4.98 Å². The van der Waals surface area contributed by atoms with Gasteiger partial charge >= 0.3 is 0 Å². The Balaban J connectivity index is 1.89. The predicted octanol–water partition coefficient (Wildman–Crippen LogP) is -0.290. The molecule has 0 spiro atoms. The maximum Gasteiger partial charge on any atom is 0.243 e. The summed E-state index contributed by atoms with van der Waals surface area (Å²) in [6.45, 7) is 0. The number of rotatable bonds is 2. The Morgan fingerprint density at radius 1 is 1.50 bits per heavy atom. The molecule has 6 nitrogen and oxygen atoms in total. The van der Waals surface area contributed by atoms with Gasteiger partial charge in [-0.25, -0.2) is 5.10 Å². The first kappa shape index (κ1) is 9.45. The topological polar surface area (TPSA) is 96.7 Å². The molecule has 1 aliphatic heterocycles. The molecular formula is C7H13N5OS. The number of nitrogens with zero attached hydrogens (tertiary/aromatic N) is 2. The van der Waals surface area contributed by atoms with Gasteiger partial charge in [-0.15, -0.1) is 5.10 Å². The standard InChI is InChI=1S/C7H13N5OS/c8-6-10-7(12-11-6)9-5-1-3-14(13)4-2-5/h5H,1-4H2,(H4,8,9,10,11,12). The van der Waals surface area contributed by atoms with Crippen molar-refractivity contribution in [3.63, 3.8) is 0 Å². The largest absolute Gasteiger partial charge is 0.368 e. The van der Waals surface area contributed by atoms with Crippen LogP contribution in [-0.4, -0.2) is 36.9 Å². The summed E-state index contributed by atoms with van der Waals surface area (Å²) in [6, 6.07) is 0.322. The van der Waals surface area contributed by atoms with Gasteiger partial charge < -0.3 is 11.1 Å². The number of anilines is 2. The summed E-state index contributed by atoms with van der Waals surface area (Å²) < 4.78 is 11.1. The third kappa shape index (κ3) is 2.22. The summed E-state index contributed by atoms with van der Waals surface area (Å²) in [6.07, 6.45) is 1.81. The molecule has 1 fully saturated rings. The summed E-state index contributed by atoms with van der Waals surface area (Å²) in [4.78, 5) is 3.95. The molecule has 1 saturated heterocycles. The van der Waals surface area contributed by atoms with E-state index in [9.17, 15) is 4.21 Å². The number of nitrogens with one attached hydrogen (secondary N) is 2. The van der Waals surface area contributed by atoms with Gasteiger partial charge in [-0.1, -0.05) is 0 Å². The molecule has 78 valence electrons. The molecule has 2 rings (SSSR count). The number of aromatic amines is 1. The average molecular weight is 215 g/mol. The fraction of sp³-hybridized carbons (Fsp3) is 0.714. The number of H-pyrrole nitrogens is 1. The summed E-state index contributed by atoms with van der Waals surface area (Å²) in [5.41, 5.74) is 5.39. The van der Waals surface area contributed by atoms with Crippen LogP contribution < -0.4 is 11.1 Å².